The molecule has 2 nitrogen and oxygen atoms in total. The summed E-state index contributed by atoms with van der Waals surface area (Å²) >= 11 is 0. The highest BCUT2D eigenvalue weighted by atomic mass is 19.1. The Balaban J connectivity index is 2.11. The van der Waals surface area contributed by atoms with Crippen molar-refractivity contribution in [1.29, 1.82) is 0 Å². The topological polar surface area (TPSA) is 35.2 Å². The van der Waals surface area contributed by atoms with Gasteiger partial charge in [-0.05, 0) is 12.1 Å². The summed E-state index contributed by atoms with van der Waals surface area (Å²) in [5, 5.41) is 0. The summed E-state index contributed by atoms with van der Waals surface area (Å²) in [6.45, 7) is 3.96. The number of rotatable bonds is 2. The van der Waals surface area contributed by atoms with E-state index in [2.05, 4.69) is 0 Å². The lowest BCUT2D eigenvalue weighted by atomic mass is 9.65. The van der Waals surface area contributed by atoms with Gasteiger partial charge >= 0.3 is 0 Å². The molecule has 0 bridgehead atoms. The van der Waals surface area contributed by atoms with E-state index in [1.807, 2.05) is 13.8 Å². The first kappa shape index (κ1) is 11.3. The molecule has 1 aliphatic rings. The molecule has 1 aromatic rings. The van der Waals surface area contributed by atoms with Crippen LogP contribution in [0.4, 0.5) is 8.78 Å². The Labute approximate surface area is 93.4 Å². The van der Waals surface area contributed by atoms with Crippen LogP contribution in [0.3, 0.4) is 0 Å². The zero-order valence-corrected chi connectivity index (χ0v) is 9.34. The van der Waals surface area contributed by atoms with Crippen LogP contribution >= 0.6 is 0 Å². The van der Waals surface area contributed by atoms with E-state index in [-0.39, 0.29) is 23.3 Å². The Morgan fingerprint density at radius 2 is 2.06 bits per heavy atom. The molecule has 1 aromatic carbocycles. The molecule has 0 radical (unpaired) electrons. The first-order valence-corrected chi connectivity index (χ1v) is 5.28. The van der Waals surface area contributed by atoms with Gasteiger partial charge in [0.15, 0.2) is 11.6 Å². The normalized spacial score (nSPS) is 27.3. The van der Waals surface area contributed by atoms with Crippen LogP contribution in [0.15, 0.2) is 18.2 Å². The summed E-state index contributed by atoms with van der Waals surface area (Å²) in [6, 6.07) is 3.39. The summed E-state index contributed by atoms with van der Waals surface area (Å²) in [7, 11) is 0. The van der Waals surface area contributed by atoms with Crippen LogP contribution in [-0.4, -0.2) is 12.1 Å². The van der Waals surface area contributed by atoms with Crippen molar-refractivity contribution < 1.29 is 13.5 Å². The predicted octanol–water partition coefficient (Wildman–Crippen LogP) is 2.47. The largest absolute Gasteiger partial charge is 0.487 e. The van der Waals surface area contributed by atoms with Gasteiger partial charge in [0.2, 0.25) is 0 Å². The molecule has 0 aromatic heterocycles. The van der Waals surface area contributed by atoms with Crippen molar-refractivity contribution in [3.05, 3.63) is 29.8 Å². The number of benzene rings is 1. The van der Waals surface area contributed by atoms with E-state index in [4.69, 9.17) is 10.5 Å². The maximum Gasteiger partial charge on any atom is 0.167 e. The third-order valence-corrected chi connectivity index (χ3v) is 3.42. The SMILES string of the molecule is CC1(C)C(N)CC1Oc1ccc(F)cc1F. The van der Waals surface area contributed by atoms with Crippen molar-refractivity contribution in [3.63, 3.8) is 0 Å². The molecule has 16 heavy (non-hydrogen) atoms. The Bertz CT molecular complexity index is 406. The summed E-state index contributed by atoms with van der Waals surface area (Å²) in [6.07, 6.45) is 0.589. The first-order chi connectivity index (χ1) is 7.41. The average molecular weight is 227 g/mol. The van der Waals surface area contributed by atoms with Crippen molar-refractivity contribution >= 4 is 0 Å². The predicted molar refractivity (Wildman–Crippen MR) is 57.1 cm³/mol. The summed E-state index contributed by atoms with van der Waals surface area (Å²) in [5.41, 5.74) is 5.66. The molecule has 0 amide bonds. The number of halogens is 2. The molecule has 2 atom stereocenters. The maximum absolute atomic E-state index is 13.3. The van der Waals surface area contributed by atoms with Crippen molar-refractivity contribution in [2.24, 2.45) is 11.1 Å². The molecule has 0 aliphatic heterocycles. The van der Waals surface area contributed by atoms with Gasteiger partial charge < -0.3 is 10.5 Å². The fraction of sp³-hybridized carbons (Fsp3) is 0.500. The van der Waals surface area contributed by atoms with Gasteiger partial charge in [-0.3, -0.25) is 0 Å². The van der Waals surface area contributed by atoms with E-state index in [1.54, 1.807) is 0 Å². The second kappa shape index (κ2) is 3.70. The Kier molecular flexibility index (Phi) is 2.62. The molecule has 2 rings (SSSR count). The first-order valence-electron chi connectivity index (χ1n) is 5.28. The molecule has 1 saturated carbocycles. The van der Waals surface area contributed by atoms with Crippen molar-refractivity contribution in [2.75, 3.05) is 0 Å². The van der Waals surface area contributed by atoms with E-state index in [0.29, 0.717) is 6.42 Å². The number of hydrogen-bond donors (Lipinski definition) is 1. The van der Waals surface area contributed by atoms with Crippen LogP contribution in [0.5, 0.6) is 5.75 Å². The fourth-order valence-corrected chi connectivity index (χ4v) is 1.84. The second-order valence-electron chi connectivity index (χ2n) is 4.84. The third kappa shape index (κ3) is 1.78. The molecule has 0 spiro atoms. The Morgan fingerprint density at radius 3 is 2.56 bits per heavy atom. The highest BCUT2D eigenvalue weighted by Crippen LogP contribution is 2.42. The van der Waals surface area contributed by atoms with E-state index in [9.17, 15) is 8.78 Å². The van der Waals surface area contributed by atoms with Crippen LogP contribution in [0, 0.1) is 17.0 Å². The summed E-state index contributed by atoms with van der Waals surface area (Å²) in [4.78, 5) is 0. The molecule has 0 saturated heterocycles. The number of hydrogen-bond acceptors (Lipinski definition) is 2. The van der Waals surface area contributed by atoms with Gasteiger partial charge in [0, 0.05) is 23.9 Å². The van der Waals surface area contributed by atoms with Crippen LogP contribution in [0.1, 0.15) is 20.3 Å². The van der Waals surface area contributed by atoms with E-state index in [1.165, 1.54) is 12.1 Å². The molecule has 2 unspecified atom stereocenters. The van der Waals surface area contributed by atoms with E-state index in [0.717, 1.165) is 6.07 Å². The van der Waals surface area contributed by atoms with Crippen LogP contribution in [0.25, 0.3) is 0 Å². The van der Waals surface area contributed by atoms with Gasteiger partial charge in [-0.15, -0.1) is 0 Å². The van der Waals surface area contributed by atoms with E-state index >= 15 is 0 Å². The number of ether oxygens (including phenoxy) is 1. The van der Waals surface area contributed by atoms with Gasteiger partial charge in [-0.2, -0.15) is 0 Å². The molecule has 1 aliphatic carbocycles. The van der Waals surface area contributed by atoms with Crippen LogP contribution in [-0.2, 0) is 0 Å². The smallest absolute Gasteiger partial charge is 0.167 e. The van der Waals surface area contributed by atoms with Gasteiger partial charge in [0.05, 0.1) is 0 Å². The quantitative estimate of drug-likeness (QED) is 0.842. The van der Waals surface area contributed by atoms with Gasteiger partial charge in [0.25, 0.3) is 0 Å². The molecule has 88 valence electrons. The third-order valence-electron chi connectivity index (χ3n) is 3.42. The molecular weight excluding hydrogens is 212 g/mol. The Morgan fingerprint density at radius 1 is 1.38 bits per heavy atom. The minimum Gasteiger partial charge on any atom is -0.487 e. The monoisotopic (exact) mass is 227 g/mol. The second-order valence-corrected chi connectivity index (χ2v) is 4.84. The van der Waals surface area contributed by atoms with Crippen LogP contribution < -0.4 is 10.5 Å². The lowest BCUT2D eigenvalue weighted by Gasteiger charge is -2.49. The zero-order chi connectivity index (χ0) is 11.9. The Hall–Kier alpha value is -1.16. The average Bonchev–Trinajstić information content (AvgIpc) is 2.21. The highest BCUT2D eigenvalue weighted by Gasteiger charge is 2.48. The highest BCUT2D eigenvalue weighted by molar-refractivity contribution is 5.25. The summed E-state index contributed by atoms with van der Waals surface area (Å²) in [5.74, 6) is -1.18. The van der Waals surface area contributed by atoms with Gasteiger partial charge in [-0.25, -0.2) is 8.78 Å². The van der Waals surface area contributed by atoms with Gasteiger partial charge in [-0.1, -0.05) is 13.8 Å². The zero-order valence-electron chi connectivity index (χ0n) is 9.34. The van der Waals surface area contributed by atoms with Crippen molar-refractivity contribution in [2.45, 2.75) is 32.4 Å². The van der Waals surface area contributed by atoms with E-state index < -0.39 is 11.6 Å². The maximum atomic E-state index is 13.3. The molecular formula is C12H15F2NO. The van der Waals surface area contributed by atoms with Gasteiger partial charge in [0.1, 0.15) is 11.9 Å². The lowest BCUT2D eigenvalue weighted by Crippen LogP contribution is -2.60. The lowest BCUT2D eigenvalue weighted by molar-refractivity contribution is -0.0419. The molecule has 2 N–H and O–H groups in total. The standard InChI is InChI=1S/C12H15F2NO/c1-12(2)10(15)6-11(12)16-9-4-3-7(13)5-8(9)14/h3-5,10-11H,6,15H2,1-2H3. The fourth-order valence-electron chi connectivity index (χ4n) is 1.84. The van der Waals surface area contributed by atoms with Crippen LogP contribution in [0.2, 0.25) is 0 Å². The number of nitrogens with two attached hydrogens (primary N) is 1. The minimum absolute atomic E-state index is 0.0704. The minimum atomic E-state index is -0.670. The molecule has 0 heterocycles. The van der Waals surface area contributed by atoms with Crippen molar-refractivity contribution in [3.8, 4) is 5.75 Å². The molecule has 1 fully saturated rings. The summed E-state index contributed by atoms with van der Waals surface area (Å²) < 4.78 is 31.5. The molecule has 4 heteroatoms. The van der Waals surface area contributed by atoms with Crippen molar-refractivity contribution in [1.82, 2.24) is 0 Å².